The predicted octanol–water partition coefficient (Wildman–Crippen LogP) is 6.90. The molecule has 0 aromatic carbocycles. The Hall–Kier alpha value is -1.79. The SMILES string of the molecule is CCCCCCCCCCCCCCCCCCN(C(=O)CCCCCCCCCCCCC)[C@@H]1O[C@H](CO)[C@@H](O)[C@H](O)[C@H]1NC(=O)[C@@H](N)CC(N)=O. The van der Waals surface area contributed by atoms with Crippen LogP contribution in [0, 0.1) is 0 Å². The summed E-state index contributed by atoms with van der Waals surface area (Å²) in [4.78, 5) is 39.7. The number of hydrogen-bond acceptors (Lipinski definition) is 8. The maximum absolute atomic E-state index is 13.8. The number of nitrogens with one attached hydrogen (secondary N) is 1. The van der Waals surface area contributed by atoms with Crippen molar-refractivity contribution in [2.75, 3.05) is 13.2 Å². The number of rotatable bonds is 35. The van der Waals surface area contributed by atoms with Crippen molar-refractivity contribution < 1.29 is 34.4 Å². The smallest absolute Gasteiger partial charge is 0.237 e. The van der Waals surface area contributed by atoms with Crippen molar-refractivity contribution in [1.82, 2.24) is 10.2 Å². The van der Waals surface area contributed by atoms with E-state index in [1.165, 1.54) is 122 Å². The summed E-state index contributed by atoms with van der Waals surface area (Å²) in [5, 5.41) is 34.4. The molecule has 0 saturated carbocycles. The van der Waals surface area contributed by atoms with Crippen molar-refractivity contribution in [3.8, 4) is 0 Å². The van der Waals surface area contributed by atoms with E-state index in [0.717, 1.165) is 38.5 Å². The van der Waals surface area contributed by atoms with Gasteiger partial charge in [-0.1, -0.05) is 174 Å². The predicted molar refractivity (Wildman–Crippen MR) is 214 cm³/mol. The van der Waals surface area contributed by atoms with Crippen LogP contribution in [0.2, 0.25) is 0 Å². The lowest BCUT2D eigenvalue weighted by atomic mass is 9.94. The first-order valence-electron chi connectivity index (χ1n) is 21.9. The Morgan fingerprint density at radius 2 is 1.04 bits per heavy atom. The summed E-state index contributed by atoms with van der Waals surface area (Å²) >= 11 is 0. The van der Waals surface area contributed by atoms with E-state index in [0.29, 0.717) is 25.8 Å². The van der Waals surface area contributed by atoms with Gasteiger partial charge >= 0.3 is 0 Å². The maximum Gasteiger partial charge on any atom is 0.237 e. The molecule has 8 N–H and O–H groups in total. The van der Waals surface area contributed by atoms with Gasteiger partial charge in [-0.15, -0.1) is 0 Å². The molecule has 0 radical (unpaired) electrons. The molecule has 0 bridgehead atoms. The first kappa shape index (κ1) is 49.2. The molecule has 53 heavy (non-hydrogen) atoms. The minimum absolute atomic E-state index is 0.159. The van der Waals surface area contributed by atoms with Crippen LogP contribution >= 0.6 is 0 Å². The molecule has 1 saturated heterocycles. The zero-order valence-electron chi connectivity index (χ0n) is 34.0. The molecule has 1 fully saturated rings. The molecule has 11 nitrogen and oxygen atoms in total. The average Bonchev–Trinajstić information content (AvgIpc) is 3.13. The molecule has 3 amide bonds. The molecule has 1 aliphatic rings. The monoisotopic (exact) mass is 755 g/mol. The first-order valence-corrected chi connectivity index (χ1v) is 21.9. The third kappa shape index (κ3) is 23.0. The summed E-state index contributed by atoms with van der Waals surface area (Å²) in [7, 11) is 0. The van der Waals surface area contributed by atoms with Gasteiger partial charge in [-0.3, -0.25) is 14.4 Å². The summed E-state index contributed by atoms with van der Waals surface area (Å²) in [6.45, 7) is 4.26. The lowest BCUT2D eigenvalue weighted by Crippen LogP contribution is -2.69. The van der Waals surface area contributed by atoms with Crippen molar-refractivity contribution in [2.24, 2.45) is 11.5 Å². The molecule has 6 atom stereocenters. The van der Waals surface area contributed by atoms with Gasteiger partial charge in [0.05, 0.1) is 19.1 Å². The Morgan fingerprint density at radius 1 is 0.642 bits per heavy atom. The normalized spacial score (nSPS) is 20.7. The van der Waals surface area contributed by atoms with Gasteiger partial charge in [0.2, 0.25) is 17.7 Å². The van der Waals surface area contributed by atoms with Crippen LogP contribution < -0.4 is 16.8 Å². The molecule has 0 aromatic heterocycles. The van der Waals surface area contributed by atoms with Crippen LogP contribution in [-0.4, -0.2) is 87.7 Å². The Balaban J connectivity index is 2.70. The van der Waals surface area contributed by atoms with Crippen LogP contribution in [0.15, 0.2) is 0 Å². The average molecular weight is 755 g/mol. The molecule has 1 aliphatic heterocycles. The number of carbonyl (C=O) groups is 3. The van der Waals surface area contributed by atoms with Gasteiger partial charge < -0.3 is 41.7 Å². The highest BCUT2D eigenvalue weighted by Crippen LogP contribution is 2.26. The number of nitrogens with two attached hydrogens (primary N) is 2. The van der Waals surface area contributed by atoms with Crippen LogP contribution in [0.1, 0.15) is 200 Å². The largest absolute Gasteiger partial charge is 0.394 e. The number of nitrogens with zero attached hydrogens (tertiary/aromatic N) is 1. The molecule has 0 aliphatic carbocycles. The Labute approximate surface area is 323 Å². The summed E-state index contributed by atoms with van der Waals surface area (Å²) < 4.78 is 6.06. The number of primary amides is 1. The van der Waals surface area contributed by atoms with Crippen molar-refractivity contribution in [3.05, 3.63) is 0 Å². The highest BCUT2D eigenvalue weighted by molar-refractivity contribution is 5.87. The number of aliphatic hydroxyl groups excluding tert-OH is 3. The van der Waals surface area contributed by atoms with Crippen molar-refractivity contribution in [1.29, 1.82) is 0 Å². The topological polar surface area (TPSA) is 188 Å². The summed E-state index contributed by atoms with van der Waals surface area (Å²) in [5.74, 6) is -1.67. The highest BCUT2D eigenvalue weighted by atomic mass is 16.5. The molecule has 1 heterocycles. The molecule has 11 heteroatoms. The third-order valence-corrected chi connectivity index (χ3v) is 10.8. The maximum atomic E-state index is 13.8. The number of unbranched alkanes of at least 4 members (excludes halogenated alkanes) is 25. The fourth-order valence-electron chi connectivity index (χ4n) is 7.41. The molecular weight excluding hydrogens is 672 g/mol. The fourth-order valence-corrected chi connectivity index (χ4v) is 7.41. The molecule has 0 unspecified atom stereocenters. The highest BCUT2D eigenvalue weighted by Gasteiger charge is 2.48. The van der Waals surface area contributed by atoms with Crippen molar-refractivity contribution in [2.45, 2.75) is 237 Å². The van der Waals surface area contributed by atoms with Crippen LogP contribution in [0.4, 0.5) is 0 Å². The van der Waals surface area contributed by atoms with E-state index in [-0.39, 0.29) is 5.91 Å². The number of aliphatic hydroxyl groups is 3. The van der Waals surface area contributed by atoms with E-state index in [4.69, 9.17) is 16.2 Å². The summed E-state index contributed by atoms with van der Waals surface area (Å²) in [5.41, 5.74) is 11.1. The van der Waals surface area contributed by atoms with Gasteiger partial charge in [0.15, 0.2) is 6.23 Å². The van der Waals surface area contributed by atoms with Gasteiger partial charge in [0, 0.05) is 13.0 Å². The number of ether oxygens (including phenoxy) is 1. The second-order valence-corrected chi connectivity index (χ2v) is 15.7. The van der Waals surface area contributed by atoms with Gasteiger partial charge in [-0.05, 0) is 12.8 Å². The van der Waals surface area contributed by atoms with Gasteiger partial charge in [-0.2, -0.15) is 0 Å². The van der Waals surface area contributed by atoms with Crippen LogP contribution in [0.25, 0.3) is 0 Å². The Morgan fingerprint density at radius 3 is 1.43 bits per heavy atom. The zero-order valence-corrected chi connectivity index (χ0v) is 34.0. The van der Waals surface area contributed by atoms with Crippen LogP contribution in [0.3, 0.4) is 0 Å². The molecule has 0 aromatic rings. The molecule has 0 spiro atoms. The lowest BCUT2D eigenvalue weighted by molar-refractivity contribution is -0.231. The van der Waals surface area contributed by atoms with Crippen molar-refractivity contribution in [3.63, 3.8) is 0 Å². The second-order valence-electron chi connectivity index (χ2n) is 15.7. The summed E-state index contributed by atoms with van der Waals surface area (Å²) in [6.07, 6.45) is 27.1. The number of hydrogen-bond donors (Lipinski definition) is 6. The summed E-state index contributed by atoms with van der Waals surface area (Å²) in [6, 6.07) is -2.49. The van der Waals surface area contributed by atoms with Crippen LogP contribution in [-0.2, 0) is 19.1 Å². The number of amides is 3. The van der Waals surface area contributed by atoms with E-state index in [2.05, 4.69) is 19.2 Å². The Kier molecular flexibility index (Phi) is 30.1. The third-order valence-electron chi connectivity index (χ3n) is 10.8. The van der Waals surface area contributed by atoms with E-state index in [1.807, 2.05) is 0 Å². The minimum atomic E-state index is -1.54. The minimum Gasteiger partial charge on any atom is -0.394 e. The quantitative estimate of drug-likeness (QED) is 0.0377. The van der Waals surface area contributed by atoms with Gasteiger partial charge in [0.25, 0.3) is 0 Å². The number of carbonyl (C=O) groups excluding carboxylic acids is 3. The van der Waals surface area contributed by atoms with E-state index < -0.39 is 61.5 Å². The second kappa shape index (κ2) is 32.5. The van der Waals surface area contributed by atoms with E-state index in [9.17, 15) is 29.7 Å². The van der Waals surface area contributed by atoms with Gasteiger partial charge in [-0.25, -0.2) is 0 Å². The van der Waals surface area contributed by atoms with Crippen LogP contribution in [0.5, 0.6) is 0 Å². The lowest BCUT2D eigenvalue weighted by Gasteiger charge is -2.47. The Bertz CT molecular complexity index is 926. The van der Waals surface area contributed by atoms with E-state index in [1.54, 1.807) is 4.90 Å². The standard InChI is InChI=1S/C42H82N4O7/c1-3-5-7-9-11-13-15-16-17-18-19-21-23-25-27-29-31-46(37(49)30-28-26-24-22-20-14-12-10-8-6-4-2)42-38(40(51)39(50)35(33-47)53-42)45-41(52)34(43)32-36(44)48/h34-35,38-40,42,47,50-51H,3-33,43H2,1-2H3,(H2,44,48)(H,45,52)/t34-,35+,38+,39+,40+,42+/m0/s1. The van der Waals surface area contributed by atoms with Gasteiger partial charge in [0.1, 0.15) is 24.4 Å². The first-order chi connectivity index (χ1) is 25.7. The van der Waals surface area contributed by atoms with E-state index >= 15 is 0 Å². The molecule has 312 valence electrons. The fraction of sp³-hybridized carbons (Fsp3) is 0.929. The molecular formula is C42H82N4O7. The molecule has 1 rings (SSSR count). The van der Waals surface area contributed by atoms with Crippen molar-refractivity contribution >= 4 is 17.7 Å². The zero-order chi connectivity index (χ0) is 39.1.